The van der Waals surface area contributed by atoms with Gasteiger partial charge in [-0.1, -0.05) is 18.2 Å². The number of nitrogens with one attached hydrogen (secondary N) is 1. The molecule has 0 aliphatic carbocycles. The number of fused-ring (bicyclic) bond motifs is 1. The monoisotopic (exact) mass is 316 g/mol. The van der Waals surface area contributed by atoms with Crippen molar-refractivity contribution in [2.24, 2.45) is 11.1 Å². The molecule has 23 heavy (non-hydrogen) atoms. The molecular formula is C17H20N2O4. The topological polar surface area (TPSA) is 105 Å². The average Bonchev–Trinajstić information content (AvgIpc) is 2.87. The Morgan fingerprint density at radius 2 is 2.09 bits per heavy atom. The van der Waals surface area contributed by atoms with Gasteiger partial charge in [0.15, 0.2) is 11.2 Å². The number of hydrogen-bond donors (Lipinski definition) is 3. The summed E-state index contributed by atoms with van der Waals surface area (Å²) >= 11 is 0. The Balaban J connectivity index is 1.58. The van der Waals surface area contributed by atoms with Gasteiger partial charge in [-0.3, -0.25) is 9.59 Å². The Hall–Kier alpha value is -2.18. The zero-order valence-electron chi connectivity index (χ0n) is 12.7. The Morgan fingerprint density at radius 3 is 2.74 bits per heavy atom. The van der Waals surface area contributed by atoms with Crippen LogP contribution in [0.2, 0.25) is 0 Å². The maximum Gasteiger partial charge on any atom is 0.322 e. The smallest absolute Gasteiger partial charge is 0.322 e. The normalized spacial score (nSPS) is 17.6. The van der Waals surface area contributed by atoms with E-state index in [2.05, 4.69) is 4.98 Å². The van der Waals surface area contributed by atoms with Crippen LogP contribution < -0.4 is 5.73 Å². The number of carbonyl (C=O) groups excluding carboxylic acids is 1. The Kier molecular flexibility index (Phi) is 4.19. The molecule has 4 N–H and O–H groups in total. The number of ether oxygens (including phenoxy) is 1. The van der Waals surface area contributed by atoms with Crippen LogP contribution in [0.3, 0.4) is 0 Å². The summed E-state index contributed by atoms with van der Waals surface area (Å²) in [7, 11) is 0. The first-order valence-electron chi connectivity index (χ1n) is 7.68. The fourth-order valence-corrected chi connectivity index (χ4v) is 2.95. The molecule has 1 fully saturated rings. The summed E-state index contributed by atoms with van der Waals surface area (Å²) in [6, 6.07) is 7.78. The van der Waals surface area contributed by atoms with Gasteiger partial charge in [-0.05, 0) is 24.5 Å². The third-order valence-corrected chi connectivity index (χ3v) is 4.54. The number of carbonyl (C=O) groups is 2. The van der Waals surface area contributed by atoms with Crippen LogP contribution in [0, 0.1) is 5.41 Å². The molecule has 1 aliphatic rings. The molecule has 0 unspecified atom stereocenters. The summed E-state index contributed by atoms with van der Waals surface area (Å²) < 4.78 is 4.92. The van der Waals surface area contributed by atoms with E-state index < -0.39 is 11.4 Å². The van der Waals surface area contributed by atoms with Crippen molar-refractivity contribution in [3.05, 3.63) is 36.0 Å². The van der Waals surface area contributed by atoms with Crippen LogP contribution in [0.25, 0.3) is 10.9 Å². The number of carboxylic acid groups (broad SMARTS) is 1. The van der Waals surface area contributed by atoms with E-state index in [1.165, 1.54) is 0 Å². The van der Waals surface area contributed by atoms with E-state index in [-0.39, 0.29) is 31.5 Å². The minimum Gasteiger partial charge on any atom is -0.480 e. The minimum atomic E-state index is -1.35. The quantitative estimate of drug-likeness (QED) is 0.671. The lowest BCUT2D eigenvalue weighted by molar-refractivity contribution is -0.184. The number of para-hydroxylation sites is 1. The maximum absolute atomic E-state index is 12.2. The highest BCUT2D eigenvalue weighted by molar-refractivity contribution is 6.04. The molecule has 1 aliphatic heterocycles. The molecule has 0 saturated carbocycles. The number of ketones is 1. The molecule has 6 nitrogen and oxygen atoms in total. The predicted octanol–water partition coefficient (Wildman–Crippen LogP) is 1.49. The third kappa shape index (κ3) is 2.87. The van der Waals surface area contributed by atoms with Gasteiger partial charge in [0.2, 0.25) is 0 Å². The average molecular weight is 316 g/mol. The van der Waals surface area contributed by atoms with Crippen LogP contribution in [0.15, 0.2) is 30.5 Å². The molecule has 122 valence electrons. The van der Waals surface area contributed by atoms with Crippen LogP contribution >= 0.6 is 0 Å². The van der Waals surface area contributed by atoms with Gasteiger partial charge < -0.3 is 20.6 Å². The van der Waals surface area contributed by atoms with Crippen molar-refractivity contribution in [1.29, 1.82) is 0 Å². The Labute approximate surface area is 133 Å². The molecule has 3 rings (SSSR count). The predicted molar refractivity (Wildman–Crippen MR) is 85.1 cm³/mol. The van der Waals surface area contributed by atoms with Crippen molar-refractivity contribution < 1.29 is 19.4 Å². The zero-order chi connectivity index (χ0) is 16.4. The second kappa shape index (κ2) is 6.14. The molecule has 0 bridgehead atoms. The number of H-pyrrole nitrogens is 1. The second-order valence-electron chi connectivity index (χ2n) is 6.17. The number of rotatable bonds is 7. The highest BCUT2D eigenvalue weighted by atomic mass is 16.5. The SMILES string of the molecule is N[C@@H](CCC(=O)C1(C(=O)O)COC1)Cc1c[nH]c2ccccc12. The van der Waals surface area contributed by atoms with Gasteiger partial charge in [0, 0.05) is 29.6 Å². The first-order chi connectivity index (χ1) is 11.0. The molecular weight excluding hydrogens is 296 g/mol. The molecule has 1 aromatic carbocycles. The van der Waals surface area contributed by atoms with E-state index in [0.29, 0.717) is 12.8 Å². The lowest BCUT2D eigenvalue weighted by Crippen LogP contribution is -2.55. The largest absolute Gasteiger partial charge is 0.480 e. The summed E-state index contributed by atoms with van der Waals surface area (Å²) in [5.74, 6) is -1.38. The molecule has 1 saturated heterocycles. The van der Waals surface area contributed by atoms with Crippen LogP contribution in [-0.4, -0.2) is 41.1 Å². The van der Waals surface area contributed by atoms with Crippen molar-refractivity contribution in [3.63, 3.8) is 0 Å². The number of hydrogen-bond acceptors (Lipinski definition) is 4. The van der Waals surface area contributed by atoms with Crippen molar-refractivity contribution in [3.8, 4) is 0 Å². The molecule has 0 radical (unpaired) electrons. The Morgan fingerprint density at radius 1 is 1.35 bits per heavy atom. The summed E-state index contributed by atoms with van der Waals surface area (Å²) in [5.41, 5.74) is 6.96. The van der Waals surface area contributed by atoms with Crippen molar-refractivity contribution in [2.75, 3.05) is 13.2 Å². The molecule has 6 heteroatoms. The van der Waals surface area contributed by atoms with Gasteiger partial charge in [-0.2, -0.15) is 0 Å². The molecule has 1 atom stereocenters. The molecule has 0 amide bonds. The van der Waals surface area contributed by atoms with Crippen LogP contribution in [0.1, 0.15) is 18.4 Å². The zero-order valence-corrected chi connectivity index (χ0v) is 12.7. The maximum atomic E-state index is 12.2. The van der Waals surface area contributed by atoms with Gasteiger partial charge >= 0.3 is 5.97 Å². The number of Topliss-reactive ketones (excluding diaryl/α,β-unsaturated/α-hetero) is 1. The fraction of sp³-hybridized carbons (Fsp3) is 0.412. The summed E-state index contributed by atoms with van der Waals surface area (Å²) in [6.45, 7) is -0.0578. The standard InChI is InChI=1S/C17H20N2O4/c18-12(5-6-15(20)17(16(21)22)9-23-10-17)7-11-8-19-14-4-2-1-3-13(11)14/h1-4,8,12,19H,5-7,9-10,18H2,(H,21,22)/t12-/m0/s1. The van der Waals surface area contributed by atoms with E-state index in [9.17, 15) is 14.7 Å². The Bertz CT molecular complexity index is 733. The molecule has 2 aromatic rings. The van der Waals surface area contributed by atoms with E-state index in [1.54, 1.807) is 0 Å². The fourth-order valence-electron chi connectivity index (χ4n) is 2.95. The summed E-state index contributed by atoms with van der Waals surface area (Å²) in [4.78, 5) is 26.6. The first-order valence-corrected chi connectivity index (χ1v) is 7.68. The van der Waals surface area contributed by atoms with Crippen LogP contribution in [0.4, 0.5) is 0 Å². The van der Waals surface area contributed by atoms with Gasteiger partial charge in [-0.25, -0.2) is 0 Å². The van der Waals surface area contributed by atoms with Gasteiger partial charge in [0.05, 0.1) is 13.2 Å². The lowest BCUT2D eigenvalue weighted by Gasteiger charge is -2.35. The molecule has 0 spiro atoms. The number of carboxylic acids is 1. The van der Waals surface area contributed by atoms with E-state index in [0.717, 1.165) is 16.5 Å². The van der Waals surface area contributed by atoms with Crippen molar-refractivity contribution in [2.45, 2.75) is 25.3 Å². The number of aliphatic carboxylic acids is 1. The molecule has 2 heterocycles. The van der Waals surface area contributed by atoms with Crippen molar-refractivity contribution in [1.82, 2.24) is 4.98 Å². The van der Waals surface area contributed by atoms with Crippen LogP contribution in [-0.2, 0) is 20.7 Å². The number of benzene rings is 1. The highest BCUT2D eigenvalue weighted by Crippen LogP contribution is 2.31. The van der Waals surface area contributed by atoms with Gasteiger partial charge in [0.25, 0.3) is 0 Å². The van der Waals surface area contributed by atoms with Crippen LogP contribution in [0.5, 0.6) is 0 Å². The van der Waals surface area contributed by atoms with Gasteiger partial charge in [0.1, 0.15) is 0 Å². The minimum absolute atomic E-state index is 0.0289. The van der Waals surface area contributed by atoms with Crippen molar-refractivity contribution >= 4 is 22.7 Å². The summed E-state index contributed by atoms with van der Waals surface area (Å²) in [6.07, 6.45) is 3.21. The second-order valence-corrected chi connectivity index (χ2v) is 6.17. The highest BCUT2D eigenvalue weighted by Gasteiger charge is 2.52. The number of aromatic nitrogens is 1. The summed E-state index contributed by atoms with van der Waals surface area (Å²) in [5, 5.41) is 10.3. The first kappa shape index (κ1) is 15.7. The van der Waals surface area contributed by atoms with Gasteiger partial charge in [-0.15, -0.1) is 0 Å². The lowest BCUT2D eigenvalue weighted by atomic mass is 9.79. The van der Waals surface area contributed by atoms with E-state index in [4.69, 9.17) is 10.5 Å². The van der Waals surface area contributed by atoms with E-state index >= 15 is 0 Å². The van der Waals surface area contributed by atoms with E-state index in [1.807, 2.05) is 30.5 Å². The third-order valence-electron chi connectivity index (χ3n) is 4.54. The number of aromatic amines is 1. The molecule has 1 aromatic heterocycles. The number of nitrogens with two attached hydrogens (primary N) is 1.